The Morgan fingerprint density at radius 2 is 0.606 bits per heavy atom. The first-order valence-corrected chi connectivity index (χ1v) is 55.4. The van der Waals surface area contributed by atoms with Crippen molar-refractivity contribution in [2.24, 2.45) is 23.7 Å². The fraction of sp³-hybridized carbons (Fsp3) is 0.620. The molecular weight excluding hydrogens is 2220 g/mol. The van der Waals surface area contributed by atoms with Gasteiger partial charge in [0.05, 0.1) is 0 Å². The van der Waals surface area contributed by atoms with Gasteiger partial charge in [0.1, 0.15) is 0 Å². The second kappa shape index (κ2) is 71.8. The molecule has 15 heteroatoms. The Labute approximate surface area is 727 Å². The van der Waals surface area contributed by atoms with E-state index in [-0.39, 0.29) is 147 Å². The fourth-order valence-electron chi connectivity index (χ4n) is 14.4. The maximum Gasteiger partial charge on any atom is 2.00 e. The van der Waals surface area contributed by atoms with Crippen LogP contribution in [0.25, 0.3) is 43.6 Å². The molecule has 0 spiro atoms. The minimum absolute atomic E-state index is 0. The van der Waals surface area contributed by atoms with Crippen molar-refractivity contribution in [1.29, 1.82) is 0 Å². The molecule has 0 N–H and O–H groups in total. The summed E-state index contributed by atoms with van der Waals surface area (Å²) in [6, 6.07) is 32.5. The van der Waals surface area contributed by atoms with E-state index in [1.807, 2.05) is 0 Å². The summed E-state index contributed by atoms with van der Waals surface area (Å²) in [5.41, 5.74) is 8.79. The van der Waals surface area contributed by atoms with Crippen LogP contribution in [0.3, 0.4) is 0 Å². The Balaban J connectivity index is -0.000000176. The van der Waals surface area contributed by atoms with Gasteiger partial charge in [-0.1, -0.05) is 295 Å². The van der Waals surface area contributed by atoms with E-state index < -0.39 is 0 Å². The standard InChI is InChI=1S/C32H44IN.C18H20IN.C8H16.3C5H10.6CH3.3Fe.I3.I2.HI.2H2S/c1-23(25-11-5-6-12-25)27-15-17-31-29(21-27)30-22-28(24(2)26-13-7-8-14-26)16-18-32(30)34(31)20-10-4-3-9-19-33;19-13-7-1-2-8-14-20-17-11-5-3-9-15(17)16-10-4-6-12-18(16)20;1-7(2)8-5-3-4-6-8;3*1-2-4-5-3-1;;;;;;;;;;1-3-2;1-2;;;/h15-18,21-26H,3-14,19-20H2,1-2H3;3-6,9-12H,1-2,7-8,13-14H2;7-8H,3-6H2,1-2H3;3*1-5H2;6*1H3;;;;;;1H;2*1H2/q;;;;;;6*-1;3*+2;-1;;;;/t23-,24?;;;;;;;;;;;;;;;;;;;/m0.................../s1. The smallest absolute Gasteiger partial charge is 0.358 e. The maximum atomic E-state index is 2.64. The zero-order chi connectivity index (χ0) is 58.6. The molecule has 0 amide bonds. The minimum Gasteiger partial charge on any atom is -0.358 e. The topological polar surface area (TPSA) is 9.86 Å². The molecule has 94 heavy (non-hydrogen) atoms. The molecule has 0 saturated heterocycles. The van der Waals surface area contributed by atoms with Crippen molar-refractivity contribution in [2.75, 3.05) is 8.86 Å². The quantitative estimate of drug-likeness (QED) is 0.0283. The molecule has 2 atom stereocenters. The van der Waals surface area contributed by atoms with Crippen LogP contribution in [0.5, 0.6) is 0 Å². The number of alkyl halides is 2. The van der Waals surface area contributed by atoms with Crippen LogP contribution in [-0.4, -0.2) is 18.0 Å². The molecule has 6 saturated carbocycles. The number of aromatic nitrogens is 2. The molecule has 2 aromatic heterocycles. The molecule has 0 aliphatic heterocycles. The second-order valence-electron chi connectivity index (χ2n) is 25.4. The van der Waals surface area contributed by atoms with E-state index in [0.717, 1.165) is 36.8 Å². The van der Waals surface area contributed by atoms with Gasteiger partial charge < -0.3 is 53.7 Å². The van der Waals surface area contributed by atoms with E-state index in [2.05, 4.69) is 241 Å². The zero-order valence-corrected chi connectivity index (χ0v) is 82.9. The third-order valence-electron chi connectivity index (χ3n) is 19.5. The molecule has 6 aliphatic rings. The third kappa shape index (κ3) is 41.1. The molecule has 6 fully saturated rings. The maximum absolute atomic E-state index is 2.64. The Morgan fingerprint density at radius 3 is 0.862 bits per heavy atom. The number of fused-ring (bicyclic) bond motifs is 6. The number of unbranched alkanes of at least 4 members (excludes halogenated alkanes) is 6. The monoisotopic (exact) mass is 2360 g/mol. The van der Waals surface area contributed by atoms with Crippen LogP contribution in [0.15, 0.2) is 84.9 Å². The van der Waals surface area contributed by atoms with Gasteiger partial charge in [-0.25, -0.2) is 0 Å². The van der Waals surface area contributed by atoms with Crippen molar-refractivity contribution >= 4 is 214 Å². The molecule has 6 aliphatic carbocycles. The molecule has 1 unspecified atom stereocenters. The van der Waals surface area contributed by atoms with Gasteiger partial charge in [0, 0.05) is 93.9 Å². The SMILES string of the molecule is C1CCCC1.C1CCCC1.C1CCCC1.CC(C)C1CCCC1.CC(c1ccc2c(c1)c1cc([C@@H](C)C3CCCC3)ccc1n2CCCCCCI)C1CCCC1.I.ICCCCCCn1c2ccccc2c2ccccc21.II.I[I-]I.S.S.[CH3-].[CH3-].[CH3-].[CH3-].[CH3-].[CH3-].[Fe+2].[Fe+2].[Fe+2]. The van der Waals surface area contributed by atoms with Gasteiger partial charge in [0.25, 0.3) is 0 Å². The van der Waals surface area contributed by atoms with Gasteiger partial charge in [-0.05, 0) is 143 Å². The van der Waals surface area contributed by atoms with Crippen LogP contribution in [0.2, 0.25) is 0 Å². The average Bonchev–Trinajstić information content (AvgIpc) is 1.62. The number of nitrogens with zero attached hydrogens (tertiary/aromatic N) is 2. The largest absolute Gasteiger partial charge is 2.00 e. The van der Waals surface area contributed by atoms with Crippen molar-refractivity contribution < 1.29 is 64.5 Å². The average molecular weight is 2360 g/mol. The van der Waals surface area contributed by atoms with Crippen molar-refractivity contribution in [2.45, 2.75) is 277 Å². The van der Waals surface area contributed by atoms with Crippen molar-refractivity contribution in [3.05, 3.63) is 141 Å². The van der Waals surface area contributed by atoms with E-state index in [1.165, 1.54) is 277 Å². The molecular formula is C79H133Fe3I8N2S2-. The molecule has 0 bridgehead atoms. The summed E-state index contributed by atoms with van der Waals surface area (Å²) in [6.07, 6.45) is 50.5. The number of para-hydroxylation sites is 2. The number of rotatable bonds is 17. The van der Waals surface area contributed by atoms with E-state index >= 15 is 0 Å². The van der Waals surface area contributed by atoms with Crippen molar-refractivity contribution in [1.82, 2.24) is 9.13 Å². The third-order valence-corrected chi connectivity index (χ3v) is 21.0. The second-order valence-corrected chi connectivity index (χ2v) is 43.8. The van der Waals surface area contributed by atoms with Crippen molar-refractivity contribution in [3.63, 3.8) is 0 Å². The molecule has 552 valence electrons. The first kappa shape index (κ1) is 114. The summed E-state index contributed by atoms with van der Waals surface area (Å²) in [6.45, 7) is 11.9. The molecule has 2 nitrogen and oxygen atoms in total. The summed E-state index contributed by atoms with van der Waals surface area (Å²) in [7, 11) is 0. The van der Waals surface area contributed by atoms with Crippen LogP contribution >= 0.6 is 171 Å². The number of benzene rings is 4. The van der Waals surface area contributed by atoms with E-state index in [0.29, 0.717) is 25.1 Å². The zero-order valence-electron chi connectivity index (χ0n) is 60.1. The van der Waals surface area contributed by atoms with Crippen LogP contribution in [-0.2, 0) is 64.3 Å². The summed E-state index contributed by atoms with van der Waals surface area (Å²) in [5, 5.41) is 5.78. The van der Waals surface area contributed by atoms with Crippen LogP contribution in [0.4, 0.5) is 0 Å². The summed E-state index contributed by atoms with van der Waals surface area (Å²) < 4.78 is 7.71. The summed E-state index contributed by atoms with van der Waals surface area (Å²) in [4.78, 5) is 0. The number of aryl methyl sites for hydroxylation is 2. The van der Waals surface area contributed by atoms with Crippen LogP contribution in [0, 0.1) is 68.2 Å². The van der Waals surface area contributed by atoms with Gasteiger partial charge in [-0.2, -0.15) is 27.0 Å². The normalized spacial score (nSPS) is 15.6. The van der Waals surface area contributed by atoms with Crippen LogP contribution in [0.1, 0.15) is 275 Å². The Hall–Kier alpha value is 4.58. The van der Waals surface area contributed by atoms with Crippen molar-refractivity contribution in [3.8, 4) is 0 Å². The molecule has 6 aromatic rings. The summed E-state index contributed by atoms with van der Waals surface area (Å²) in [5.74, 6) is 5.12. The summed E-state index contributed by atoms with van der Waals surface area (Å²) >= 11 is 14.5. The minimum atomic E-state index is 0. The van der Waals surface area contributed by atoms with E-state index in [4.69, 9.17) is 0 Å². The predicted octanol–water partition coefficient (Wildman–Crippen LogP) is 28.9. The van der Waals surface area contributed by atoms with Gasteiger partial charge in [0.2, 0.25) is 0 Å². The van der Waals surface area contributed by atoms with Gasteiger partial charge in [0.15, 0.2) is 0 Å². The molecule has 4 aromatic carbocycles. The molecule has 0 radical (unpaired) electrons. The molecule has 12 rings (SSSR count). The van der Waals surface area contributed by atoms with E-state index in [9.17, 15) is 0 Å². The Kier molecular flexibility index (Phi) is 87.4. The Morgan fingerprint density at radius 1 is 0.362 bits per heavy atom. The number of hydrogen-bond donors (Lipinski definition) is 0. The van der Waals surface area contributed by atoms with E-state index in [1.54, 1.807) is 11.1 Å². The predicted molar refractivity (Wildman–Crippen MR) is 491 cm³/mol. The molecule has 2 heterocycles. The van der Waals surface area contributed by atoms with Crippen LogP contribution < -0.4 is 13.3 Å². The van der Waals surface area contributed by atoms with Gasteiger partial charge >= 0.3 is 102 Å². The fourth-order valence-corrected chi connectivity index (χ4v) is 15.4. The van der Waals surface area contributed by atoms with Gasteiger partial charge in [-0.3, -0.25) is 0 Å². The first-order valence-electron chi connectivity index (χ1n) is 33.5. The Bertz CT molecular complexity index is 2390. The number of halogens is 8. The first-order chi connectivity index (χ1) is 40.3. The number of hydrogen-bond acceptors (Lipinski definition) is 0. The van der Waals surface area contributed by atoms with Gasteiger partial charge in [-0.15, -0.1) is 24.0 Å².